The Kier molecular flexibility index (Phi) is 11.4. The fourth-order valence-corrected chi connectivity index (χ4v) is 7.81. The maximum absolute atomic E-state index is 13.8. The Morgan fingerprint density at radius 3 is 2.12 bits per heavy atom. The predicted molar refractivity (Wildman–Crippen MR) is 194 cm³/mol. The molecule has 3 fully saturated rings. The first-order valence-electron chi connectivity index (χ1n) is 18.8. The summed E-state index contributed by atoms with van der Waals surface area (Å²) in [5, 5.41) is 22.3. The molecule has 0 radical (unpaired) electrons. The summed E-state index contributed by atoms with van der Waals surface area (Å²) in [4.78, 5) is 42.2. The SMILES string of the molecule is COc1cc([C@@H]2c3cc4c(cc3C(OC3O[C@@H]5CO[C@@H](C)O[C@H]5[C@H](O)[C@H]3O)[C@H]3COC(=O)[C@H]23)OCO4)cc(OC)c1OC(=O)N(C)CCN(C)C(=O)OC(C)(C)C. The minimum atomic E-state index is -1.49. The standard InChI is InChI=1S/C39H50N2O16/c1-18-49-16-27-34(53-18)30(42)31(43)36(54-27)55-32-21-14-24-23(51-17-52-24)13-20(21)28(29-22(32)15-50-35(29)44)19-11-25(47-7)33(26(12-19)48-8)56-37(45)40(5)9-10-41(6)38(46)57-39(2,3)4/h11-14,18,22,27-32,34,36,42-43H,9-10,15-17H2,1-8H3/t18-,22+,27-,28-,29+,30-,31-,32?,34-,36?/m1/s1. The summed E-state index contributed by atoms with van der Waals surface area (Å²) >= 11 is 0. The van der Waals surface area contributed by atoms with E-state index in [2.05, 4.69) is 0 Å². The van der Waals surface area contributed by atoms with Gasteiger partial charge in [-0.15, -0.1) is 0 Å². The first-order chi connectivity index (χ1) is 27.1. The number of carbonyl (C=O) groups excluding carboxylic acids is 3. The van der Waals surface area contributed by atoms with E-state index in [9.17, 15) is 24.6 Å². The van der Waals surface area contributed by atoms with E-state index in [0.29, 0.717) is 28.2 Å². The van der Waals surface area contributed by atoms with Crippen molar-refractivity contribution in [2.75, 3.05) is 61.4 Å². The number of carbonyl (C=O) groups is 3. The molecule has 5 aliphatic rings. The van der Waals surface area contributed by atoms with Crippen molar-refractivity contribution in [3.05, 3.63) is 41.0 Å². The van der Waals surface area contributed by atoms with Crippen molar-refractivity contribution < 1.29 is 76.7 Å². The molecule has 4 heterocycles. The normalized spacial score (nSPS) is 30.0. The first-order valence-corrected chi connectivity index (χ1v) is 18.8. The average Bonchev–Trinajstić information content (AvgIpc) is 3.80. The number of methoxy groups -OCH3 is 2. The predicted octanol–water partition coefficient (Wildman–Crippen LogP) is 2.93. The van der Waals surface area contributed by atoms with Gasteiger partial charge in [-0.2, -0.15) is 0 Å². The van der Waals surface area contributed by atoms with Gasteiger partial charge in [0.15, 0.2) is 35.6 Å². The van der Waals surface area contributed by atoms with Crippen LogP contribution in [0, 0.1) is 11.8 Å². The van der Waals surface area contributed by atoms with Crippen molar-refractivity contribution in [2.24, 2.45) is 11.8 Å². The van der Waals surface area contributed by atoms with Crippen LogP contribution in [0.3, 0.4) is 0 Å². The van der Waals surface area contributed by atoms with Crippen LogP contribution in [0.4, 0.5) is 9.59 Å². The summed E-state index contributed by atoms with van der Waals surface area (Å²) in [5.41, 5.74) is 1.15. The van der Waals surface area contributed by atoms with Crippen LogP contribution in [0.1, 0.15) is 56.4 Å². The highest BCUT2D eigenvalue weighted by Gasteiger charge is 2.56. The highest BCUT2D eigenvalue weighted by molar-refractivity contribution is 5.79. The maximum Gasteiger partial charge on any atom is 0.415 e. The van der Waals surface area contributed by atoms with Gasteiger partial charge in [0.2, 0.25) is 12.5 Å². The van der Waals surface area contributed by atoms with Crippen LogP contribution in [0.2, 0.25) is 0 Å². The summed E-state index contributed by atoms with van der Waals surface area (Å²) in [5.74, 6) is -1.38. The lowest BCUT2D eigenvalue weighted by Crippen LogP contribution is -2.63. The summed E-state index contributed by atoms with van der Waals surface area (Å²) in [6, 6.07) is 6.89. The number of fused-ring (bicyclic) bond motifs is 4. The minimum Gasteiger partial charge on any atom is -0.493 e. The van der Waals surface area contributed by atoms with E-state index in [1.807, 2.05) is 0 Å². The molecule has 0 spiro atoms. The largest absolute Gasteiger partial charge is 0.493 e. The van der Waals surface area contributed by atoms with E-state index in [0.717, 1.165) is 0 Å². The number of amides is 2. The Bertz CT molecular complexity index is 1820. The quantitative estimate of drug-likeness (QED) is 0.351. The Balaban J connectivity index is 1.19. The molecule has 18 nitrogen and oxygen atoms in total. The van der Waals surface area contributed by atoms with E-state index in [1.165, 1.54) is 31.1 Å². The summed E-state index contributed by atoms with van der Waals surface area (Å²) in [6.45, 7) is 7.37. The van der Waals surface area contributed by atoms with Crippen LogP contribution in [0.15, 0.2) is 24.3 Å². The zero-order valence-electron chi connectivity index (χ0n) is 33.1. The number of ether oxygens (including phenoxy) is 11. The number of hydrogen-bond acceptors (Lipinski definition) is 16. The third kappa shape index (κ3) is 7.98. The summed E-state index contributed by atoms with van der Waals surface area (Å²) < 4.78 is 63.9. The van der Waals surface area contributed by atoms with Crippen molar-refractivity contribution in [1.82, 2.24) is 9.80 Å². The smallest absolute Gasteiger partial charge is 0.415 e. The second kappa shape index (κ2) is 16.0. The van der Waals surface area contributed by atoms with E-state index >= 15 is 0 Å². The molecule has 2 N–H and O–H groups in total. The number of benzene rings is 2. The van der Waals surface area contributed by atoms with Gasteiger partial charge in [-0.1, -0.05) is 0 Å². The molecule has 57 heavy (non-hydrogen) atoms. The zero-order valence-corrected chi connectivity index (χ0v) is 33.1. The lowest BCUT2D eigenvalue weighted by Gasteiger charge is -2.47. The van der Waals surface area contributed by atoms with Gasteiger partial charge in [-0.3, -0.25) is 4.79 Å². The highest BCUT2D eigenvalue weighted by Crippen LogP contribution is 2.57. The molecule has 18 heteroatoms. The number of nitrogens with zero attached hydrogens (tertiary/aromatic N) is 2. The van der Waals surface area contributed by atoms with E-state index in [4.69, 9.17) is 52.1 Å². The molecule has 0 aromatic heterocycles. The second-order valence-corrected chi connectivity index (χ2v) is 15.7. The van der Waals surface area contributed by atoms with Crippen LogP contribution in [-0.4, -0.2) is 142 Å². The number of cyclic esters (lactones) is 1. The lowest BCUT2D eigenvalue weighted by atomic mass is 9.66. The molecule has 2 aromatic carbocycles. The molecule has 0 bridgehead atoms. The van der Waals surface area contributed by atoms with Crippen molar-refractivity contribution in [3.8, 4) is 28.7 Å². The number of aliphatic hydroxyl groups excluding tert-OH is 2. The molecule has 0 saturated carbocycles. The van der Waals surface area contributed by atoms with Gasteiger partial charge < -0.3 is 72.1 Å². The molecule has 4 aliphatic heterocycles. The molecule has 2 amide bonds. The number of aliphatic hydroxyl groups is 2. The number of rotatable bonds is 9. The molecular weight excluding hydrogens is 752 g/mol. The summed E-state index contributed by atoms with van der Waals surface area (Å²) in [7, 11) is 5.92. The topological polar surface area (TPSA) is 200 Å². The fourth-order valence-electron chi connectivity index (χ4n) is 7.81. The highest BCUT2D eigenvalue weighted by atomic mass is 16.8. The second-order valence-electron chi connectivity index (χ2n) is 15.7. The summed E-state index contributed by atoms with van der Waals surface area (Å²) in [6.07, 6.45) is -8.43. The van der Waals surface area contributed by atoms with Gasteiger partial charge in [-0.05, 0) is 68.7 Å². The first kappa shape index (κ1) is 40.6. The molecule has 312 valence electrons. The van der Waals surface area contributed by atoms with E-state index in [-0.39, 0.29) is 50.3 Å². The average molecular weight is 803 g/mol. The molecule has 2 aromatic rings. The molecule has 10 atom stereocenters. The van der Waals surface area contributed by atoms with Crippen LogP contribution in [0.5, 0.6) is 28.7 Å². The Morgan fingerprint density at radius 2 is 1.49 bits per heavy atom. The van der Waals surface area contributed by atoms with Crippen LogP contribution in [0.25, 0.3) is 0 Å². The van der Waals surface area contributed by atoms with Crippen molar-refractivity contribution in [2.45, 2.75) is 82.3 Å². The van der Waals surface area contributed by atoms with Crippen LogP contribution >= 0.6 is 0 Å². The van der Waals surface area contributed by atoms with Gasteiger partial charge in [0.25, 0.3) is 0 Å². The Hall–Kier alpha value is -4.59. The van der Waals surface area contributed by atoms with Crippen molar-refractivity contribution >= 4 is 18.2 Å². The monoisotopic (exact) mass is 802 g/mol. The molecule has 7 rings (SSSR count). The van der Waals surface area contributed by atoms with Gasteiger partial charge >= 0.3 is 18.2 Å². The number of likely N-dealkylation sites (N-methyl/N-ethyl adjacent to an activating group) is 2. The maximum atomic E-state index is 13.8. The molecule has 3 saturated heterocycles. The van der Waals surface area contributed by atoms with Gasteiger partial charge in [0.05, 0.1) is 39.5 Å². The van der Waals surface area contributed by atoms with Crippen molar-refractivity contribution in [1.29, 1.82) is 0 Å². The number of hydrogen-bond donors (Lipinski definition) is 2. The third-order valence-corrected chi connectivity index (χ3v) is 10.7. The molecule has 1 aliphatic carbocycles. The minimum absolute atomic E-state index is 0.0000582. The van der Waals surface area contributed by atoms with E-state index < -0.39 is 84.6 Å². The zero-order chi connectivity index (χ0) is 40.9. The van der Waals surface area contributed by atoms with Crippen LogP contribution < -0.4 is 23.7 Å². The Morgan fingerprint density at radius 1 is 0.860 bits per heavy atom. The van der Waals surface area contributed by atoms with Gasteiger partial charge in [-0.25, -0.2) is 9.59 Å². The van der Waals surface area contributed by atoms with Crippen LogP contribution in [-0.2, 0) is 33.2 Å². The van der Waals surface area contributed by atoms with Gasteiger partial charge in [0.1, 0.15) is 30.0 Å². The number of esters is 1. The Labute approximate surface area is 329 Å². The molecule has 2 unspecified atom stereocenters. The molecular formula is C39H50N2O16. The lowest BCUT2D eigenvalue weighted by molar-refractivity contribution is -0.364. The van der Waals surface area contributed by atoms with Gasteiger partial charge in [0, 0.05) is 39.0 Å². The third-order valence-electron chi connectivity index (χ3n) is 10.7. The fraction of sp³-hybridized carbons (Fsp3) is 0.615. The van der Waals surface area contributed by atoms with E-state index in [1.54, 1.807) is 59.0 Å². The van der Waals surface area contributed by atoms with Crippen molar-refractivity contribution in [3.63, 3.8) is 0 Å².